The van der Waals surface area contributed by atoms with E-state index < -0.39 is 6.09 Å². The number of cyclic esters (lactones) is 1. The minimum absolute atomic E-state index is 0.0352. The van der Waals surface area contributed by atoms with Gasteiger partial charge in [0.15, 0.2) is 0 Å². The maximum Gasteiger partial charge on any atom is 0.410 e. The molecule has 1 fully saturated rings. The summed E-state index contributed by atoms with van der Waals surface area (Å²) >= 11 is 0. The molecular formula is C9H17N3O3. The largest absolute Gasteiger partial charge is 0.443 e. The van der Waals surface area contributed by atoms with Crippen LogP contribution in [0.2, 0.25) is 0 Å². The van der Waals surface area contributed by atoms with Crippen molar-refractivity contribution in [3.63, 3.8) is 0 Å². The monoisotopic (exact) mass is 215 g/mol. The molecule has 0 saturated carbocycles. The fraction of sp³-hybridized carbons (Fsp3) is 0.778. The summed E-state index contributed by atoms with van der Waals surface area (Å²) in [7, 11) is 0. The molecule has 0 aliphatic carbocycles. The second-order valence-corrected chi connectivity index (χ2v) is 3.84. The zero-order chi connectivity index (χ0) is 11.4. The SMILES string of the molecule is CC(C)NC(=O)CN1CC(CN)OC1=O. The highest BCUT2D eigenvalue weighted by atomic mass is 16.6. The molecule has 0 aromatic rings. The molecule has 3 N–H and O–H groups in total. The van der Waals surface area contributed by atoms with Gasteiger partial charge in [0.25, 0.3) is 0 Å². The van der Waals surface area contributed by atoms with E-state index in [9.17, 15) is 9.59 Å². The summed E-state index contributed by atoms with van der Waals surface area (Å²) in [6, 6.07) is 0.0708. The van der Waals surface area contributed by atoms with Crippen molar-refractivity contribution >= 4 is 12.0 Å². The molecule has 6 nitrogen and oxygen atoms in total. The van der Waals surface area contributed by atoms with E-state index in [-0.39, 0.29) is 31.1 Å². The first-order valence-corrected chi connectivity index (χ1v) is 4.98. The van der Waals surface area contributed by atoms with Crippen LogP contribution in [0.3, 0.4) is 0 Å². The van der Waals surface area contributed by atoms with Gasteiger partial charge in [0.1, 0.15) is 12.6 Å². The third-order valence-electron chi connectivity index (χ3n) is 2.00. The zero-order valence-electron chi connectivity index (χ0n) is 9.03. The number of hydrogen-bond acceptors (Lipinski definition) is 4. The highest BCUT2D eigenvalue weighted by Gasteiger charge is 2.31. The lowest BCUT2D eigenvalue weighted by Gasteiger charge is -2.14. The van der Waals surface area contributed by atoms with E-state index in [1.54, 1.807) is 0 Å². The first kappa shape index (κ1) is 11.8. The summed E-state index contributed by atoms with van der Waals surface area (Å²) in [5, 5.41) is 2.70. The van der Waals surface area contributed by atoms with Crippen molar-refractivity contribution in [2.24, 2.45) is 5.73 Å². The average Bonchev–Trinajstić information content (AvgIpc) is 2.46. The van der Waals surface area contributed by atoms with Gasteiger partial charge in [-0.25, -0.2) is 4.79 Å². The molecule has 2 amide bonds. The highest BCUT2D eigenvalue weighted by Crippen LogP contribution is 2.09. The smallest absolute Gasteiger partial charge is 0.410 e. The summed E-state index contributed by atoms with van der Waals surface area (Å²) in [5.41, 5.74) is 5.37. The van der Waals surface area contributed by atoms with Crippen LogP contribution in [-0.2, 0) is 9.53 Å². The molecule has 1 heterocycles. The highest BCUT2D eigenvalue weighted by molar-refractivity contribution is 5.83. The van der Waals surface area contributed by atoms with Crippen molar-refractivity contribution in [2.45, 2.75) is 26.0 Å². The van der Waals surface area contributed by atoms with Gasteiger partial charge < -0.3 is 15.8 Å². The van der Waals surface area contributed by atoms with Crippen molar-refractivity contribution < 1.29 is 14.3 Å². The Kier molecular flexibility index (Phi) is 3.90. The van der Waals surface area contributed by atoms with Gasteiger partial charge >= 0.3 is 6.09 Å². The minimum atomic E-state index is -0.468. The van der Waals surface area contributed by atoms with E-state index in [1.165, 1.54) is 4.90 Å². The van der Waals surface area contributed by atoms with Crippen LogP contribution in [0.4, 0.5) is 4.79 Å². The molecule has 1 saturated heterocycles. The minimum Gasteiger partial charge on any atom is -0.443 e. The fourth-order valence-electron chi connectivity index (χ4n) is 1.37. The Morgan fingerprint density at radius 1 is 1.73 bits per heavy atom. The second-order valence-electron chi connectivity index (χ2n) is 3.84. The number of nitrogens with zero attached hydrogens (tertiary/aromatic N) is 1. The number of carbonyl (C=O) groups excluding carboxylic acids is 2. The van der Waals surface area contributed by atoms with Crippen LogP contribution in [0.25, 0.3) is 0 Å². The van der Waals surface area contributed by atoms with Crippen LogP contribution in [0.15, 0.2) is 0 Å². The molecule has 0 radical (unpaired) electrons. The van der Waals surface area contributed by atoms with Crippen LogP contribution >= 0.6 is 0 Å². The van der Waals surface area contributed by atoms with E-state index >= 15 is 0 Å². The van der Waals surface area contributed by atoms with Gasteiger partial charge in [-0.05, 0) is 13.8 Å². The quantitative estimate of drug-likeness (QED) is 0.649. The van der Waals surface area contributed by atoms with Crippen LogP contribution < -0.4 is 11.1 Å². The Labute approximate surface area is 88.7 Å². The molecule has 1 rings (SSSR count). The normalized spacial score (nSPS) is 20.7. The molecule has 0 spiro atoms. The lowest BCUT2D eigenvalue weighted by atomic mass is 10.3. The fourth-order valence-corrected chi connectivity index (χ4v) is 1.37. The number of amides is 2. The third-order valence-corrected chi connectivity index (χ3v) is 2.00. The number of rotatable bonds is 4. The zero-order valence-corrected chi connectivity index (χ0v) is 9.03. The van der Waals surface area contributed by atoms with Crippen molar-refractivity contribution in [1.82, 2.24) is 10.2 Å². The van der Waals surface area contributed by atoms with E-state index in [4.69, 9.17) is 10.5 Å². The first-order valence-electron chi connectivity index (χ1n) is 4.98. The van der Waals surface area contributed by atoms with Crippen molar-refractivity contribution in [2.75, 3.05) is 19.6 Å². The van der Waals surface area contributed by atoms with E-state index in [2.05, 4.69) is 5.32 Å². The molecule has 0 aromatic carbocycles. The Hall–Kier alpha value is -1.30. The first-order chi connectivity index (χ1) is 7.02. The van der Waals surface area contributed by atoms with Crippen LogP contribution in [-0.4, -0.2) is 48.7 Å². The van der Waals surface area contributed by atoms with Gasteiger partial charge in [0.05, 0.1) is 6.54 Å². The van der Waals surface area contributed by atoms with Crippen LogP contribution in [0.5, 0.6) is 0 Å². The molecule has 6 heteroatoms. The molecule has 1 aliphatic heterocycles. The van der Waals surface area contributed by atoms with Gasteiger partial charge in [-0.3, -0.25) is 9.69 Å². The molecule has 0 bridgehead atoms. The predicted octanol–water partition coefficient (Wildman–Crippen LogP) is -0.709. The maximum atomic E-state index is 11.4. The average molecular weight is 215 g/mol. The maximum absolute atomic E-state index is 11.4. The summed E-state index contributed by atoms with van der Waals surface area (Å²) in [6.45, 7) is 4.44. The van der Waals surface area contributed by atoms with Gasteiger partial charge in [0.2, 0.25) is 5.91 Å². The van der Waals surface area contributed by atoms with E-state index in [1.807, 2.05) is 13.8 Å². The number of nitrogens with two attached hydrogens (primary N) is 1. The van der Waals surface area contributed by atoms with Crippen molar-refractivity contribution in [1.29, 1.82) is 0 Å². The molecule has 15 heavy (non-hydrogen) atoms. The number of carbonyl (C=O) groups is 2. The predicted molar refractivity (Wildman–Crippen MR) is 54.2 cm³/mol. The summed E-state index contributed by atoms with van der Waals surface area (Å²) in [5.74, 6) is -0.181. The van der Waals surface area contributed by atoms with E-state index in [0.717, 1.165) is 0 Å². The number of nitrogens with one attached hydrogen (secondary N) is 1. The van der Waals surface area contributed by atoms with Gasteiger partial charge in [0, 0.05) is 12.6 Å². The standard InChI is InChI=1S/C9H17N3O3/c1-6(2)11-8(13)5-12-4-7(3-10)15-9(12)14/h6-7H,3-5,10H2,1-2H3,(H,11,13). The molecular weight excluding hydrogens is 198 g/mol. The van der Waals surface area contributed by atoms with Crippen molar-refractivity contribution in [3.8, 4) is 0 Å². The lowest BCUT2D eigenvalue weighted by Crippen LogP contribution is -2.40. The van der Waals surface area contributed by atoms with Gasteiger partial charge in [-0.15, -0.1) is 0 Å². The number of hydrogen-bond donors (Lipinski definition) is 2. The lowest BCUT2D eigenvalue weighted by molar-refractivity contribution is -0.122. The van der Waals surface area contributed by atoms with Gasteiger partial charge in [-0.2, -0.15) is 0 Å². The Morgan fingerprint density at radius 2 is 2.40 bits per heavy atom. The molecule has 1 unspecified atom stereocenters. The Bertz CT molecular complexity index is 255. The van der Waals surface area contributed by atoms with Crippen molar-refractivity contribution in [3.05, 3.63) is 0 Å². The van der Waals surface area contributed by atoms with Crippen LogP contribution in [0, 0.1) is 0 Å². The molecule has 0 aromatic heterocycles. The Balaban J connectivity index is 2.39. The van der Waals surface area contributed by atoms with Gasteiger partial charge in [-0.1, -0.05) is 0 Å². The number of ether oxygens (including phenoxy) is 1. The Morgan fingerprint density at radius 3 is 2.87 bits per heavy atom. The molecule has 1 aliphatic rings. The molecule has 86 valence electrons. The summed E-state index contributed by atoms with van der Waals surface area (Å²) in [6.07, 6.45) is -0.756. The summed E-state index contributed by atoms with van der Waals surface area (Å²) < 4.78 is 4.91. The summed E-state index contributed by atoms with van der Waals surface area (Å²) in [4.78, 5) is 23.9. The third kappa shape index (κ3) is 3.39. The topological polar surface area (TPSA) is 84.7 Å². The van der Waals surface area contributed by atoms with Crippen LogP contribution in [0.1, 0.15) is 13.8 Å². The molecule has 1 atom stereocenters. The van der Waals surface area contributed by atoms with E-state index in [0.29, 0.717) is 6.54 Å². The second kappa shape index (κ2) is 4.97.